The van der Waals surface area contributed by atoms with Crippen molar-refractivity contribution in [3.63, 3.8) is 0 Å². The molecule has 0 aliphatic carbocycles. The first-order valence-electron chi connectivity index (χ1n) is 4.72. The van der Waals surface area contributed by atoms with Gasteiger partial charge in [-0.05, 0) is 30.0 Å². The summed E-state index contributed by atoms with van der Waals surface area (Å²) in [6, 6.07) is 4.24. The van der Waals surface area contributed by atoms with E-state index in [0.29, 0.717) is 5.92 Å². The lowest BCUT2D eigenvalue weighted by Gasteiger charge is -2.12. The lowest BCUT2D eigenvalue weighted by Crippen LogP contribution is -2.10. The van der Waals surface area contributed by atoms with Gasteiger partial charge >= 0.3 is 0 Å². The second-order valence-corrected chi connectivity index (χ2v) is 4.01. The van der Waals surface area contributed by atoms with Crippen LogP contribution in [0.1, 0.15) is 19.4 Å². The van der Waals surface area contributed by atoms with Crippen molar-refractivity contribution in [2.24, 2.45) is 5.92 Å². The van der Waals surface area contributed by atoms with Crippen molar-refractivity contribution in [1.82, 2.24) is 4.98 Å². The number of aromatic nitrogens is 1. The summed E-state index contributed by atoms with van der Waals surface area (Å²) in [5.74, 6) is 1.75. The van der Waals surface area contributed by atoms with Crippen LogP contribution in [0.5, 0.6) is 0 Å². The fraction of sp³-hybridized carbons (Fsp3) is 0.545. The summed E-state index contributed by atoms with van der Waals surface area (Å²) in [5.41, 5.74) is 1.37. The first kappa shape index (κ1) is 10.0. The molecule has 0 aromatic carbocycles. The quantitative estimate of drug-likeness (QED) is 0.706. The summed E-state index contributed by atoms with van der Waals surface area (Å²) < 4.78 is 0. The van der Waals surface area contributed by atoms with Gasteiger partial charge in [-0.2, -0.15) is 0 Å². The topological polar surface area (TPSA) is 16.1 Å². The molecule has 0 bridgehead atoms. The van der Waals surface area contributed by atoms with E-state index in [2.05, 4.69) is 31.0 Å². The molecule has 2 heteroatoms. The molecule has 72 valence electrons. The van der Waals surface area contributed by atoms with Crippen LogP contribution < -0.4 is 4.90 Å². The van der Waals surface area contributed by atoms with Gasteiger partial charge in [0.15, 0.2) is 0 Å². The zero-order chi connectivity index (χ0) is 9.84. The summed E-state index contributed by atoms with van der Waals surface area (Å²) in [7, 11) is 4.03. The predicted octanol–water partition coefficient (Wildman–Crippen LogP) is 2.35. The normalized spacial score (nSPS) is 10.5. The largest absolute Gasteiger partial charge is 0.363 e. The van der Waals surface area contributed by atoms with E-state index in [9.17, 15) is 0 Å². The van der Waals surface area contributed by atoms with Crippen LogP contribution in [0.2, 0.25) is 0 Å². The lowest BCUT2D eigenvalue weighted by molar-refractivity contribution is 0.646. The van der Waals surface area contributed by atoms with Crippen LogP contribution in [0.15, 0.2) is 18.3 Å². The Morgan fingerprint density at radius 1 is 1.38 bits per heavy atom. The minimum atomic E-state index is 0.706. The second-order valence-electron chi connectivity index (χ2n) is 4.01. The Hall–Kier alpha value is -1.05. The van der Waals surface area contributed by atoms with E-state index in [4.69, 9.17) is 0 Å². The summed E-state index contributed by atoms with van der Waals surface area (Å²) in [6.45, 7) is 4.46. The van der Waals surface area contributed by atoms with Gasteiger partial charge in [-0.15, -0.1) is 0 Å². The van der Waals surface area contributed by atoms with Gasteiger partial charge < -0.3 is 4.90 Å². The standard InChI is InChI=1S/C11H18N2/c1-9(2)7-10-5-6-12-11(8-10)13(3)4/h5-6,8-9H,7H2,1-4H3. The third-order valence-corrected chi connectivity index (χ3v) is 1.91. The van der Waals surface area contributed by atoms with Gasteiger partial charge in [0, 0.05) is 20.3 Å². The van der Waals surface area contributed by atoms with Gasteiger partial charge in [-0.25, -0.2) is 4.98 Å². The van der Waals surface area contributed by atoms with Crippen LogP contribution in [0.3, 0.4) is 0 Å². The summed E-state index contributed by atoms with van der Waals surface area (Å²) >= 11 is 0. The molecule has 13 heavy (non-hydrogen) atoms. The Balaban J connectivity index is 2.79. The molecular formula is C11H18N2. The van der Waals surface area contributed by atoms with Gasteiger partial charge in [0.2, 0.25) is 0 Å². The molecule has 1 aromatic rings. The van der Waals surface area contributed by atoms with Crippen molar-refractivity contribution in [3.8, 4) is 0 Å². The predicted molar refractivity (Wildman–Crippen MR) is 57.1 cm³/mol. The molecule has 0 unspecified atom stereocenters. The van der Waals surface area contributed by atoms with E-state index in [1.165, 1.54) is 5.56 Å². The first-order chi connectivity index (χ1) is 6.09. The van der Waals surface area contributed by atoms with Crippen LogP contribution in [0, 0.1) is 5.92 Å². The highest BCUT2D eigenvalue weighted by Gasteiger charge is 2.00. The number of pyridine rings is 1. The van der Waals surface area contributed by atoms with E-state index in [-0.39, 0.29) is 0 Å². The van der Waals surface area contributed by atoms with Gasteiger partial charge in [0.25, 0.3) is 0 Å². The van der Waals surface area contributed by atoms with Gasteiger partial charge in [-0.1, -0.05) is 13.8 Å². The number of hydrogen-bond donors (Lipinski definition) is 0. The molecule has 0 aliphatic rings. The van der Waals surface area contributed by atoms with Crippen LogP contribution in [0.25, 0.3) is 0 Å². The second kappa shape index (κ2) is 4.26. The number of nitrogens with zero attached hydrogens (tertiary/aromatic N) is 2. The molecule has 1 aromatic heterocycles. The molecule has 0 atom stereocenters. The number of anilines is 1. The Labute approximate surface area is 80.6 Å². The van der Waals surface area contributed by atoms with Crippen LogP contribution in [-0.2, 0) is 6.42 Å². The molecule has 0 N–H and O–H groups in total. The SMILES string of the molecule is CC(C)Cc1ccnc(N(C)C)c1. The molecule has 0 spiro atoms. The number of hydrogen-bond acceptors (Lipinski definition) is 2. The molecule has 0 radical (unpaired) electrons. The zero-order valence-corrected chi connectivity index (χ0v) is 8.91. The fourth-order valence-corrected chi connectivity index (χ4v) is 1.30. The van der Waals surface area contributed by atoms with Gasteiger partial charge in [-0.3, -0.25) is 0 Å². The van der Waals surface area contributed by atoms with Crippen molar-refractivity contribution in [2.45, 2.75) is 20.3 Å². The third kappa shape index (κ3) is 3.05. The monoisotopic (exact) mass is 178 g/mol. The zero-order valence-electron chi connectivity index (χ0n) is 8.91. The first-order valence-corrected chi connectivity index (χ1v) is 4.72. The highest BCUT2D eigenvalue weighted by molar-refractivity contribution is 5.39. The van der Waals surface area contributed by atoms with E-state index in [1.807, 2.05) is 25.2 Å². The fourth-order valence-electron chi connectivity index (χ4n) is 1.30. The smallest absolute Gasteiger partial charge is 0.128 e. The molecule has 0 saturated heterocycles. The maximum absolute atomic E-state index is 4.27. The van der Waals surface area contributed by atoms with Crippen LogP contribution in [0.4, 0.5) is 5.82 Å². The lowest BCUT2D eigenvalue weighted by atomic mass is 10.0. The average Bonchev–Trinajstić information content (AvgIpc) is 2.03. The van der Waals surface area contributed by atoms with Crippen molar-refractivity contribution in [2.75, 3.05) is 19.0 Å². The summed E-state index contributed by atoms with van der Waals surface area (Å²) in [5, 5.41) is 0. The van der Waals surface area contributed by atoms with Crippen LogP contribution >= 0.6 is 0 Å². The van der Waals surface area contributed by atoms with E-state index < -0.39 is 0 Å². The average molecular weight is 178 g/mol. The molecule has 0 aliphatic heterocycles. The molecule has 1 heterocycles. The molecule has 2 nitrogen and oxygen atoms in total. The van der Waals surface area contributed by atoms with E-state index in [1.54, 1.807) is 0 Å². The maximum atomic E-state index is 4.27. The van der Waals surface area contributed by atoms with E-state index >= 15 is 0 Å². The Kier molecular flexibility index (Phi) is 3.29. The van der Waals surface area contributed by atoms with Crippen molar-refractivity contribution in [3.05, 3.63) is 23.9 Å². The van der Waals surface area contributed by atoms with E-state index in [0.717, 1.165) is 12.2 Å². The van der Waals surface area contributed by atoms with Crippen molar-refractivity contribution < 1.29 is 0 Å². The minimum absolute atomic E-state index is 0.706. The molecule has 1 rings (SSSR count). The van der Waals surface area contributed by atoms with Gasteiger partial charge in [0.05, 0.1) is 0 Å². The highest BCUT2D eigenvalue weighted by atomic mass is 15.1. The third-order valence-electron chi connectivity index (χ3n) is 1.91. The van der Waals surface area contributed by atoms with Crippen molar-refractivity contribution >= 4 is 5.82 Å². The Bertz CT molecular complexity index is 267. The van der Waals surface area contributed by atoms with Crippen LogP contribution in [-0.4, -0.2) is 19.1 Å². The molecule has 0 saturated carbocycles. The van der Waals surface area contributed by atoms with Gasteiger partial charge in [0.1, 0.15) is 5.82 Å². The van der Waals surface area contributed by atoms with Crippen molar-refractivity contribution in [1.29, 1.82) is 0 Å². The Morgan fingerprint density at radius 2 is 2.08 bits per heavy atom. The maximum Gasteiger partial charge on any atom is 0.128 e. The number of rotatable bonds is 3. The molecular weight excluding hydrogens is 160 g/mol. The summed E-state index contributed by atoms with van der Waals surface area (Å²) in [4.78, 5) is 6.30. The molecule has 0 amide bonds. The minimum Gasteiger partial charge on any atom is -0.363 e. The summed E-state index contributed by atoms with van der Waals surface area (Å²) in [6.07, 6.45) is 3.01. The highest BCUT2D eigenvalue weighted by Crippen LogP contribution is 2.12. The Morgan fingerprint density at radius 3 is 2.62 bits per heavy atom. The molecule has 0 fully saturated rings.